The second kappa shape index (κ2) is 12.7. The number of hydrogen-bond acceptors (Lipinski definition) is 6. The van der Waals surface area contributed by atoms with E-state index in [0.29, 0.717) is 17.9 Å². The lowest BCUT2D eigenvalue weighted by atomic mass is 9.78. The van der Waals surface area contributed by atoms with Crippen molar-refractivity contribution < 1.29 is 23.7 Å². The Balaban J connectivity index is 2.07. The predicted octanol–water partition coefficient (Wildman–Crippen LogP) is 5.18. The second-order valence-electron chi connectivity index (χ2n) is 9.32. The highest BCUT2D eigenvalue weighted by atomic mass is 16.5. The second-order valence-corrected chi connectivity index (χ2v) is 9.32. The van der Waals surface area contributed by atoms with E-state index in [0.717, 1.165) is 42.8 Å². The van der Waals surface area contributed by atoms with Gasteiger partial charge in [0.25, 0.3) is 0 Å². The van der Waals surface area contributed by atoms with E-state index in [4.69, 9.17) is 18.9 Å². The first kappa shape index (κ1) is 27.5. The van der Waals surface area contributed by atoms with E-state index in [1.165, 1.54) is 5.56 Å². The van der Waals surface area contributed by atoms with E-state index in [1.54, 1.807) is 21.3 Å². The Hall–Kier alpha value is -2.73. The molecule has 188 valence electrons. The molecule has 0 aliphatic rings. The van der Waals surface area contributed by atoms with Gasteiger partial charge in [-0.1, -0.05) is 18.2 Å². The minimum Gasteiger partial charge on any atom is -0.496 e. The zero-order chi connectivity index (χ0) is 25.3. The third kappa shape index (κ3) is 7.13. The average molecular weight is 472 g/mol. The van der Waals surface area contributed by atoms with Gasteiger partial charge >= 0.3 is 5.97 Å². The van der Waals surface area contributed by atoms with Crippen molar-refractivity contribution >= 4 is 5.97 Å². The summed E-state index contributed by atoms with van der Waals surface area (Å²) < 4.78 is 22.0. The van der Waals surface area contributed by atoms with E-state index in [2.05, 4.69) is 37.1 Å². The minimum atomic E-state index is -0.783. The molecule has 2 aromatic carbocycles. The Morgan fingerprint density at radius 2 is 1.62 bits per heavy atom. The molecule has 0 aliphatic heterocycles. The van der Waals surface area contributed by atoms with Crippen LogP contribution in [0.15, 0.2) is 36.4 Å². The van der Waals surface area contributed by atoms with Crippen LogP contribution in [0.3, 0.4) is 0 Å². The van der Waals surface area contributed by atoms with Crippen molar-refractivity contribution in [2.75, 3.05) is 41.5 Å². The van der Waals surface area contributed by atoms with Crippen molar-refractivity contribution in [3.63, 3.8) is 0 Å². The van der Waals surface area contributed by atoms with Crippen LogP contribution >= 0.6 is 0 Å². The SMILES string of the molecule is COc1cc(CCN(C)CCCC(C)(C(=O)OC(C)C)c2ccc(OC)c(OC)c2)ccc1C. The highest BCUT2D eigenvalue weighted by Gasteiger charge is 2.37. The summed E-state index contributed by atoms with van der Waals surface area (Å²) in [6.45, 7) is 9.56. The number of carbonyl (C=O) groups excluding carboxylic acids is 1. The monoisotopic (exact) mass is 471 g/mol. The molecule has 0 amide bonds. The minimum absolute atomic E-state index is 0.179. The summed E-state index contributed by atoms with van der Waals surface area (Å²) in [4.78, 5) is 15.5. The van der Waals surface area contributed by atoms with Crippen LogP contribution in [0.1, 0.15) is 50.3 Å². The molecule has 0 saturated heterocycles. The maximum atomic E-state index is 13.2. The Morgan fingerprint density at radius 1 is 0.941 bits per heavy atom. The van der Waals surface area contributed by atoms with Gasteiger partial charge in [-0.05, 0) is 95.4 Å². The highest BCUT2D eigenvalue weighted by Crippen LogP contribution is 2.37. The number of ether oxygens (including phenoxy) is 4. The van der Waals surface area contributed by atoms with Crippen LogP contribution in [0.25, 0.3) is 0 Å². The van der Waals surface area contributed by atoms with Gasteiger partial charge in [0, 0.05) is 6.54 Å². The molecule has 0 fully saturated rings. The van der Waals surface area contributed by atoms with Gasteiger partial charge in [-0.25, -0.2) is 0 Å². The van der Waals surface area contributed by atoms with Crippen molar-refractivity contribution in [3.8, 4) is 17.2 Å². The molecule has 0 aromatic heterocycles. The van der Waals surface area contributed by atoms with Crippen LogP contribution < -0.4 is 14.2 Å². The van der Waals surface area contributed by atoms with Crippen LogP contribution in [0.4, 0.5) is 0 Å². The number of carbonyl (C=O) groups is 1. The molecule has 0 N–H and O–H groups in total. The van der Waals surface area contributed by atoms with Crippen LogP contribution in [0.5, 0.6) is 17.2 Å². The van der Waals surface area contributed by atoms with E-state index >= 15 is 0 Å². The summed E-state index contributed by atoms with van der Waals surface area (Å²) in [7, 11) is 7.03. The third-order valence-electron chi connectivity index (χ3n) is 6.29. The van der Waals surface area contributed by atoms with E-state index in [-0.39, 0.29) is 12.1 Å². The first-order valence-electron chi connectivity index (χ1n) is 11.9. The van der Waals surface area contributed by atoms with E-state index < -0.39 is 5.41 Å². The Bertz CT molecular complexity index is 942. The number of hydrogen-bond donors (Lipinski definition) is 0. The Labute approximate surface area is 205 Å². The first-order valence-corrected chi connectivity index (χ1v) is 11.9. The maximum absolute atomic E-state index is 13.2. The maximum Gasteiger partial charge on any atom is 0.316 e. The van der Waals surface area contributed by atoms with Crippen LogP contribution in [0.2, 0.25) is 0 Å². The number of likely N-dealkylation sites (N-methyl/N-ethyl adjacent to an activating group) is 1. The summed E-state index contributed by atoms with van der Waals surface area (Å²) in [5.41, 5.74) is 2.48. The lowest BCUT2D eigenvalue weighted by molar-refractivity contribution is -0.154. The van der Waals surface area contributed by atoms with Gasteiger partial charge in [0.1, 0.15) is 5.75 Å². The zero-order valence-corrected chi connectivity index (χ0v) is 22.1. The molecule has 1 atom stereocenters. The smallest absolute Gasteiger partial charge is 0.316 e. The lowest BCUT2D eigenvalue weighted by Gasteiger charge is -2.30. The van der Waals surface area contributed by atoms with Crippen LogP contribution in [0, 0.1) is 6.92 Å². The molecule has 0 heterocycles. The summed E-state index contributed by atoms with van der Waals surface area (Å²) in [6, 6.07) is 12.0. The zero-order valence-electron chi connectivity index (χ0n) is 22.1. The van der Waals surface area contributed by atoms with Gasteiger partial charge in [-0.2, -0.15) is 0 Å². The molecule has 0 spiro atoms. The van der Waals surface area contributed by atoms with Gasteiger partial charge in [-0.3, -0.25) is 4.79 Å². The first-order chi connectivity index (χ1) is 16.1. The fourth-order valence-corrected chi connectivity index (χ4v) is 4.04. The molecule has 6 heteroatoms. The van der Waals surface area contributed by atoms with Gasteiger partial charge in [-0.15, -0.1) is 0 Å². The van der Waals surface area contributed by atoms with Crippen molar-refractivity contribution in [1.29, 1.82) is 0 Å². The quantitative estimate of drug-likeness (QED) is 0.375. The van der Waals surface area contributed by atoms with Crippen molar-refractivity contribution in [2.24, 2.45) is 0 Å². The normalized spacial score (nSPS) is 13.0. The molecule has 1 unspecified atom stereocenters. The molecule has 0 aliphatic carbocycles. The molecule has 0 radical (unpaired) electrons. The predicted molar refractivity (Wildman–Crippen MR) is 136 cm³/mol. The Morgan fingerprint density at radius 3 is 2.24 bits per heavy atom. The molecular formula is C28H41NO5. The Kier molecular flexibility index (Phi) is 10.2. The lowest BCUT2D eigenvalue weighted by Crippen LogP contribution is -2.37. The van der Waals surface area contributed by atoms with Gasteiger partial charge in [0.15, 0.2) is 11.5 Å². The summed E-state index contributed by atoms with van der Waals surface area (Å²) in [5, 5.41) is 0. The topological polar surface area (TPSA) is 57.2 Å². The molecule has 6 nitrogen and oxygen atoms in total. The van der Waals surface area contributed by atoms with E-state index in [1.807, 2.05) is 39.0 Å². The summed E-state index contributed by atoms with van der Waals surface area (Å²) in [6.07, 6.45) is 2.28. The van der Waals surface area contributed by atoms with Crippen molar-refractivity contribution in [1.82, 2.24) is 4.90 Å². The standard InChI is InChI=1S/C28H41NO5/c1-20(2)34-27(30)28(4,23-12-13-24(31-6)26(19-23)33-8)15-9-16-29(5)17-14-22-11-10-21(3)25(18-22)32-7/h10-13,18-20H,9,14-17H2,1-8H3. The molecular weight excluding hydrogens is 430 g/mol. The number of rotatable bonds is 13. The van der Waals surface area contributed by atoms with E-state index in [9.17, 15) is 4.79 Å². The molecule has 0 bridgehead atoms. The average Bonchev–Trinajstić information content (AvgIpc) is 2.82. The number of methoxy groups -OCH3 is 3. The summed E-state index contributed by atoms with van der Waals surface area (Å²) in [5.74, 6) is 1.95. The van der Waals surface area contributed by atoms with Crippen molar-refractivity contribution in [2.45, 2.75) is 58.5 Å². The highest BCUT2D eigenvalue weighted by molar-refractivity contribution is 5.83. The molecule has 0 saturated carbocycles. The van der Waals surface area contributed by atoms with Crippen molar-refractivity contribution in [3.05, 3.63) is 53.1 Å². The van der Waals surface area contributed by atoms with Crippen LogP contribution in [-0.4, -0.2) is 58.4 Å². The van der Waals surface area contributed by atoms with Gasteiger partial charge in [0.2, 0.25) is 0 Å². The third-order valence-corrected chi connectivity index (χ3v) is 6.29. The fourth-order valence-electron chi connectivity index (χ4n) is 4.04. The number of nitrogens with zero attached hydrogens (tertiary/aromatic N) is 1. The molecule has 2 aromatic rings. The number of benzene rings is 2. The molecule has 2 rings (SSSR count). The molecule has 34 heavy (non-hydrogen) atoms. The largest absolute Gasteiger partial charge is 0.496 e. The summed E-state index contributed by atoms with van der Waals surface area (Å²) >= 11 is 0. The van der Waals surface area contributed by atoms with Gasteiger partial charge < -0.3 is 23.8 Å². The number of aryl methyl sites for hydroxylation is 1. The van der Waals surface area contributed by atoms with Gasteiger partial charge in [0.05, 0.1) is 32.8 Å². The van der Waals surface area contributed by atoms with Crippen LogP contribution in [-0.2, 0) is 21.4 Å². The fraction of sp³-hybridized carbons (Fsp3) is 0.536. The number of esters is 1.